The van der Waals surface area contributed by atoms with E-state index >= 15 is 0 Å². The molecule has 234 valence electrons. The van der Waals surface area contributed by atoms with Crippen molar-refractivity contribution in [2.24, 2.45) is 0 Å². The molecular weight excluding hydrogens is 611 g/mol. The van der Waals surface area contributed by atoms with Gasteiger partial charge in [-0.15, -0.1) is 0 Å². The SMILES string of the molecule is c1ccc(-n2c(-c3cc(-c4cccnc4)cc(-n4c5ccccc5c5ccccc54)c3)nc3c(-c4ccc5ccccc5c4)ccnc32)cc1. The van der Waals surface area contributed by atoms with Crippen LogP contribution in [0.1, 0.15) is 0 Å². The molecule has 10 rings (SSSR count). The van der Waals surface area contributed by atoms with Gasteiger partial charge in [0.15, 0.2) is 5.65 Å². The van der Waals surface area contributed by atoms with Crippen LogP contribution in [0.15, 0.2) is 176 Å². The summed E-state index contributed by atoms with van der Waals surface area (Å²) in [6.07, 6.45) is 5.64. The van der Waals surface area contributed by atoms with E-state index in [1.807, 2.05) is 30.7 Å². The molecule has 0 aliphatic carbocycles. The van der Waals surface area contributed by atoms with Crippen LogP contribution in [0.3, 0.4) is 0 Å². The van der Waals surface area contributed by atoms with E-state index in [0.29, 0.717) is 0 Å². The Bertz CT molecular complexity index is 2810. The van der Waals surface area contributed by atoms with Crippen LogP contribution in [0, 0.1) is 0 Å². The van der Waals surface area contributed by atoms with Gasteiger partial charge >= 0.3 is 0 Å². The van der Waals surface area contributed by atoms with Crippen LogP contribution >= 0.6 is 0 Å². The van der Waals surface area contributed by atoms with Crippen molar-refractivity contribution in [2.45, 2.75) is 0 Å². The highest BCUT2D eigenvalue weighted by Crippen LogP contribution is 2.39. The van der Waals surface area contributed by atoms with E-state index in [1.165, 1.54) is 21.5 Å². The monoisotopic (exact) mass is 639 g/mol. The number of imidazole rings is 1. The predicted molar refractivity (Wildman–Crippen MR) is 205 cm³/mol. The van der Waals surface area contributed by atoms with Gasteiger partial charge in [-0.2, -0.15) is 0 Å². The van der Waals surface area contributed by atoms with Gasteiger partial charge in [0.1, 0.15) is 11.3 Å². The van der Waals surface area contributed by atoms with E-state index < -0.39 is 0 Å². The third kappa shape index (κ3) is 4.52. The number of rotatable bonds is 5. The van der Waals surface area contributed by atoms with Crippen molar-refractivity contribution in [3.05, 3.63) is 176 Å². The summed E-state index contributed by atoms with van der Waals surface area (Å²) in [5, 5.41) is 4.84. The van der Waals surface area contributed by atoms with Gasteiger partial charge in [0.05, 0.1) is 11.0 Å². The molecule has 4 heterocycles. The van der Waals surface area contributed by atoms with Crippen LogP contribution in [-0.2, 0) is 0 Å². The topological polar surface area (TPSA) is 48.5 Å². The number of benzene rings is 6. The highest BCUT2D eigenvalue weighted by atomic mass is 15.1. The van der Waals surface area contributed by atoms with Crippen molar-refractivity contribution in [3.8, 4) is 45.0 Å². The molecule has 0 spiro atoms. The van der Waals surface area contributed by atoms with E-state index in [2.05, 4.69) is 160 Å². The Morgan fingerprint density at radius 2 is 1.16 bits per heavy atom. The number of hydrogen-bond acceptors (Lipinski definition) is 3. The summed E-state index contributed by atoms with van der Waals surface area (Å²) in [5.74, 6) is 0.819. The summed E-state index contributed by atoms with van der Waals surface area (Å²) in [6.45, 7) is 0. The van der Waals surface area contributed by atoms with Gasteiger partial charge in [-0.25, -0.2) is 9.97 Å². The fourth-order valence-electron chi connectivity index (χ4n) is 7.35. The highest BCUT2D eigenvalue weighted by Gasteiger charge is 2.21. The van der Waals surface area contributed by atoms with Crippen molar-refractivity contribution in [2.75, 3.05) is 0 Å². The first-order valence-corrected chi connectivity index (χ1v) is 16.8. The van der Waals surface area contributed by atoms with Crippen LogP contribution in [0.5, 0.6) is 0 Å². The Morgan fingerprint density at radius 3 is 1.94 bits per heavy atom. The lowest BCUT2D eigenvalue weighted by atomic mass is 10.0. The summed E-state index contributed by atoms with van der Waals surface area (Å²) >= 11 is 0. The van der Waals surface area contributed by atoms with Gasteiger partial charge in [0.25, 0.3) is 0 Å². The van der Waals surface area contributed by atoms with Gasteiger partial charge in [-0.3, -0.25) is 9.55 Å². The molecule has 0 aliphatic rings. The van der Waals surface area contributed by atoms with Crippen LogP contribution in [-0.4, -0.2) is 24.1 Å². The van der Waals surface area contributed by atoms with E-state index in [9.17, 15) is 0 Å². The first kappa shape index (κ1) is 28.2. The molecule has 0 N–H and O–H groups in total. The molecule has 0 fully saturated rings. The zero-order valence-corrected chi connectivity index (χ0v) is 27.0. The second-order valence-electron chi connectivity index (χ2n) is 12.6. The molecule has 0 unspecified atom stereocenters. The first-order chi connectivity index (χ1) is 24.8. The Hall–Kier alpha value is -6.85. The smallest absolute Gasteiger partial charge is 0.165 e. The van der Waals surface area contributed by atoms with Crippen LogP contribution in [0.4, 0.5) is 0 Å². The molecular formula is C45H29N5. The maximum Gasteiger partial charge on any atom is 0.165 e. The number of hydrogen-bond donors (Lipinski definition) is 0. The Labute approximate surface area is 288 Å². The van der Waals surface area contributed by atoms with E-state index in [0.717, 1.165) is 67.2 Å². The van der Waals surface area contributed by atoms with Gasteiger partial charge in [0.2, 0.25) is 0 Å². The van der Waals surface area contributed by atoms with Gasteiger partial charge in [0, 0.05) is 57.4 Å². The molecule has 50 heavy (non-hydrogen) atoms. The van der Waals surface area contributed by atoms with Crippen molar-refractivity contribution < 1.29 is 0 Å². The lowest BCUT2D eigenvalue weighted by molar-refractivity contribution is 1.07. The van der Waals surface area contributed by atoms with E-state index in [-0.39, 0.29) is 0 Å². The summed E-state index contributed by atoms with van der Waals surface area (Å²) in [4.78, 5) is 14.9. The molecule has 0 atom stereocenters. The minimum Gasteiger partial charge on any atom is -0.309 e. The summed E-state index contributed by atoms with van der Waals surface area (Å²) in [6, 6.07) is 55.6. The molecule has 6 aromatic carbocycles. The van der Waals surface area contributed by atoms with Crippen LogP contribution in [0.25, 0.3) is 88.8 Å². The van der Waals surface area contributed by atoms with Crippen LogP contribution < -0.4 is 0 Å². The van der Waals surface area contributed by atoms with Gasteiger partial charge < -0.3 is 4.57 Å². The van der Waals surface area contributed by atoms with Crippen LogP contribution in [0.2, 0.25) is 0 Å². The largest absolute Gasteiger partial charge is 0.309 e. The normalized spacial score (nSPS) is 11.6. The number of aromatic nitrogens is 5. The molecule has 5 heteroatoms. The third-order valence-electron chi connectivity index (χ3n) is 9.63. The quantitative estimate of drug-likeness (QED) is 0.188. The number of fused-ring (bicyclic) bond motifs is 5. The van der Waals surface area contributed by atoms with Crippen molar-refractivity contribution in [3.63, 3.8) is 0 Å². The van der Waals surface area contributed by atoms with E-state index in [1.54, 1.807) is 0 Å². The Balaban J connectivity index is 1.28. The molecule has 0 saturated carbocycles. The third-order valence-corrected chi connectivity index (χ3v) is 9.63. The maximum absolute atomic E-state index is 5.47. The summed E-state index contributed by atoms with van der Waals surface area (Å²) < 4.78 is 4.56. The summed E-state index contributed by atoms with van der Waals surface area (Å²) in [5.41, 5.74) is 11.2. The Morgan fingerprint density at radius 1 is 0.440 bits per heavy atom. The predicted octanol–water partition coefficient (Wildman–Crippen LogP) is 11.1. The zero-order chi connectivity index (χ0) is 33.0. The number of para-hydroxylation sites is 3. The Kier molecular flexibility index (Phi) is 6.42. The lowest BCUT2D eigenvalue weighted by Gasteiger charge is -2.15. The van der Waals surface area contributed by atoms with Crippen molar-refractivity contribution >= 4 is 43.7 Å². The molecule has 0 aliphatic heterocycles. The summed E-state index contributed by atoms with van der Waals surface area (Å²) in [7, 11) is 0. The fourth-order valence-corrected chi connectivity index (χ4v) is 7.35. The molecule has 0 amide bonds. The highest BCUT2D eigenvalue weighted by molar-refractivity contribution is 6.09. The van der Waals surface area contributed by atoms with Crippen molar-refractivity contribution in [1.82, 2.24) is 24.1 Å². The average Bonchev–Trinajstić information content (AvgIpc) is 3.75. The minimum atomic E-state index is 0.807. The maximum atomic E-state index is 5.47. The molecule has 0 radical (unpaired) electrons. The zero-order valence-electron chi connectivity index (χ0n) is 27.0. The van der Waals surface area contributed by atoms with Gasteiger partial charge in [-0.1, -0.05) is 97.1 Å². The average molecular weight is 640 g/mol. The molecule has 10 aromatic rings. The standard InChI is InChI=1S/C45H29N5/c1-2-14-36(15-3-1)50-44(48-43-38(22-24-47-45(43)50)32-21-20-30-11-4-5-12-31(30)25-32)35-26-34(33-13-10-23-46-29-33)27-37(28-35)49-41-18-8-6-16-39(41)40-17-7-9-19-42(40)49/h1-29H. The minimum absolute atomic E-state index is 0.807. The number of pyridine rings is 2. The fraction of sp³-hybridized carbons (Fsp3) is 0. The number of nitrogens with zero attached hydrogens (tertiary/aromatic N) is 5. The molecule has 0 bridgehead atoms. The second kappa shape index (κ2) is 11.4. The van der Waals surface area contributed by atoms with Gasteiger partial charge in [-0.05, 0) is 82.6 Å². The molecule has 4 aromatic heterocycles. The molecule has 5 nitrogen and oxygen atoms in total. The molecule has 0 saturated heterocycles. The second-order valence-corrected chi connectivity index (χ2v) is 12.6. The lowest BCUT2D eigenvalue weighted by Crippen LogP contribution is -2.01. The van der Waals surface area contributed by atoms with E-state index in [4.69, 9.17) is 9.97 Å². The first-order valence-electron chi connectivity index (χ1n) is 16.8. The van der Waals surface area contributed by atoms with Crippen molar-refractivity contribution in [1.29, 1.82) is 0 Å².